The van der Waals surface area contributed by atoms with Crippen LogP contribution >= 0.6 is 11.6 Å². The first kappa shape index (κ1) is 39.1. The highest BCUT2D eigenvalue weighted by atomic mass is 35.5. The van der Waals surface area contributed by atoms with Gasteiger partial charge >= 0.3 is 0 Å². The molecule has 4 aromatic rings. The summed E-state index contributed by atoms with van der Waals surface area (Å²) in [7, 11) is 1.70. The van der Waals surface area contributed by atoms with Crippen LogP contribution in [0.3, 0.4) is 0 Å². The first-order valence-corrected chi connectivity index (χ1v) is 16.6. The Morgan fingerprint density at radius 3 is 2.12 bits per heavy atom. The van der Waals surface area contributed by atoms with Gasteiger partial charge in [-0.25, -0.2) is 4.39 Å². The van der Waals surface area contributed by atoms with Gasteiger partial charge < -0.3 is 29.2 Å². The highest BCUT2D eigenvalue weighted by molar-refractivity contribution is 6.31. The molecule has 5 rings (SSSR count). The summed E-state index contributed by atoms with van der Waals surface area (Å²) in [6, 6.07) is 28.0. The van der Waals surface area contributed by atoms with E-state index in [1.807, 2.05) is 80.6 Å². The van der Waals surface area contributed by atoms with Crippen LogP contribution in [0.2, 0.25) is 5.02 Å². The summed E-state index contributed by atoms with van der Waals surface area (Å²) in [5, 5.41) is 21.1. The number of aliphatic hydroxyl groups is 2. The highest BCUT2D eigenvalue weighted by Crippen LogP contribution is 2.35. The SMILES string of the molecule is CC.CCOc1ccc(Cc2cc(C3CC(OCc4ccccc4)C[C@](O)(CO)CO3)ccc2Cl)c(F)c1F.COCc1ccccc1. The van der Waals surface area contributed by atoms with E-state index in [2.05, 4.69) is 0 Å². The normalized spacial score (nSPS) is 18.9. The molecule has 0 bridgehead atoms. The summed E-state index contributed by atoms with van der Waals surface area (Å²) in [6.07, 6.45) is -0.129. The second-order valence-corrected chi connectivity index (χ2v) is 11.7. The third-order valence-electron chi connectivity index (χ3n) is 7.66. The molecule has 0 amide bonds. The van der Waals surface area contributed by atoms with Gasteiger partial charge in [0.25, 0.3) is 0 Å². The molecule has 1 fully saturated rings. The molecule has 0 radical (unpaired) electrons. The molecule has 3 atom stereocenters. The summed E-state index contributed by atoms with van der Waals surface area (Å²) < 4.78 is 51.3. The van der Waals surface area contributed by atoms with Gasteiger partial charge in [0.15, 0.2) is 11.6 Å². The van der Waals surface area contributed by atoms with Crippen molar-refractivity contribution in [1.29, 1.82) is 0 Å². The maximum atomic E-state index is 14.7. The molecular formula is C39H47ClF2O6. The van der Waals surface area contributed by atoms with Crippen LogP contribution < -0.4 is 4.74 Å². The average Bonchev–Trinajstić information content (AvgIpc) is 3.29. The number of benzene rings is 4. The summed E-state index contributed by atoms with van der Waals surface area (Å²) >= 11 is 6.42. The molecule has 6 nitrogen and oxygen atoms in total. The third kappa shape index (κ3) is 11.7. The van der Waals surface area contributed by atoms with Gasteiger partial charge in [-0.2, -0.15) is 4.39 Å². The van der Waals surface area contributed by atoms with Crippen LogP contribution in [-0.2, 0) is 33.8 Å². The van der Waals surface area contributed by atoms with Gasteiger partial charge in [-0.1, -0.05) is 104 Å². The lowest BCUT2D eigenvalue weighted by molar-refractivity contribution is -0.0955. The van der Waals surface area contributed by atoms with Crippen LogP contribution in [0, 0.1) is 11.6 Å². The zero-order valence-corrected chi connectivity index (χ0v) is 28.9. The largest absolute Gasteiger partial charge is 0.491 e. The van der Waals surface area contributed by atoms with Crippen molar-refractivity contribution in [3.8, 4) is 5.75 Å². The van der Waals surface area contributed by atoms with E-state index in [4.69, 9.17) is 30.5 Å². The van der Waals surface area contributed by atoms with Gasteiger partial charge in [-0.3, -0.25) is 0 Å². The molecule has 1 aliphatic rings. The van der Waals surface area contributed by atoms with E-state index in [0.717, 1.165) is 11.1 Å². The van der Waals surface area contributed by atoms with Crippen LogP contribution in [-0.4, -0.2) is 48.8 Å². The van der Waals surface area contributed by atoms with Gasteiger partial charge in [-0.05, 0) is 46.9 Å². The van der Waals surface area contributed by atoms with Gasteiger partial charge in [-0.15, -0.1) is 0 Å². The van der Waals surface area contributed by atoms with Crippen molar-refractivity contribution < 1.29 is 37.9 Å². The molecule has 1 aliphatic heterocycles. The Bertz CT molecular complexity index is 1510. The quantitative estimate of drug-likeness (QED) is 0.165. The third-order valence-corrected chi connectivity index (χ3v) is 8.03. The van der Waals surface area contributed by atoms with Crippen LogP contribution in [0.5, 0.6) is 5.75 Å². The van der Waals surface area contributed by atoms with Gasteiger partial charge in [0.05, 0.1) is 45.2 Å². The number of methoxy groups -OCH3 is 1. The molecule has 48 heavy (non-hydrogen) atoms. The van der Waals surface area contributed by atoms with Gasteiger partial charge in [0.1, 0.15) is 5.60 Å². The maximum absolute atomic E-state index is 14.7. The second-order valence-electron chi connectivity index (χ2n) is 11.3. The lowest BCUT2D eigenvalue weighted by Crippen LogP contribution is -2.40. The van der Waals surface area contributed by atoms with Crippen LogP contribution in [0.1, 0.15) is 67.5 Å². The van der Waals surface area contributed by atoms with Crippen molar-refractivity contribution in [2.75, 3.05) is 26.9 Å². The van der Waals surface area contributed by atoms with E-state index in [9.17, 15) is 19.0 Å². The molecule has 0 aromatic heterocycles. The van der Waals surface area contributed by atoms with Crippen molar-refractivity contribution >= 4 is 11.6 Å². The molecule has 0 spiro atoms. The average molecular weight is 685 g/mol. The minimum Gasteiger partial charge on any atom is -0.491 e. The fraction of sp³-hybridized carbons (Fsp3) is 0.385. The summed E-state index contributed by atoms with van der Waals surface area (Å²) in [5.74, 6) is -2.13. The molecule has 2 unspecified atom stereocenters. The molecule has 0 aliphatic carbocycles. The Labute approximate surface area is 288 Å². The first-order valence-electron chi connectivity index (χ1n) is 16.3. The smallest absolute Gasteiger partial charge is 0.200 e. The Kier molecular flexibility index (Phi) is 16.5. The summed E-state index contributed by atoms with van der Waals surface area (Å²) in [4.78, 5) is 0. The standard InChI is InChI=1S/C29H31ClF2O5.C8H10O.C2H6/c1-2-35-25-11-9-21(27(31)28(25)32)13-22-12-20(8-10-24(22)30)26-14-23(15-29(34,17-33)18-37-26)36-16-19-6-4-3-5-7-19;1-9-7-8-5-3-2-4-6-8;1-2/h3-12,23,26,33-34H,2,13-18H2,1H3;2-6H,7H2,1H3;1-2H3/t23?,26?,29-;;/m0../s1. The summed E-state index contributed by atoms with van der Waals surface area (Å²) in [6.45, 7) is 6.46. The van der Waals surface area contributed by atoms with Crippen molar-refractivity contribution in [3.63, 3.8) is 0 Å². The van der Waals surface area contributed by atoms with E-state index in [0.29, 0.717) is 30.2 Å². The second kappa shape index (κ2) is 20.2. The van der Waals surface area contributed by atoms with E-state index in [1.165, 1.54) is 17.7 Å². The minimum atomic E-state index is -1.44. The molecule has 1 saturated heterocycles. The van der Waals surface area contributed by atoms with E-state index in [-0.39, 0.29) is 43.5 Å². The Balaban J connectivity index is 0.000000486. The van der Waals surface area contributed by atoms with Crippen molar-refractivity contribution in [3.05, 3.63) is 135 Å². The molecule has 2 N–H and O–H groups in total. The predicted octanol–water partition coefficient (Wildman–Crippen LogP) is 8.63. The lowest BCUT2D eigenvalue weighted by Gasteiger charge is -2.26. The van der Waals surface area contributed by atoms with Crippen LogP contribution in [0.4, 0.5) is 8.78 Å². The Morgan fingerprint density at radius 1 is 0.875 bits per heavy atom. The summed E-state index contributed by atoms with van der Waals surface area (Å²) in [5.41, 5.74) is 2.31. The Hall–Kier alpha value is -3.37. The minimum absolute atomic E-state index is 0.0725. The number of halogens is 3. The van der Waals surface area contributed by atoms with E-state index >= 15 is 0 Å². The van der Waals surface area contributed by atoms with E-state index < -0.39 is 29.9 Å². The first-order chi connectivity index (χ1) is 23.2. The molecule has 0 saturated carbocycles. The van der Waals surface area contributed by atoms with Gasteiger partial charge in [0, 0.05) is 31.4 Å². The maximum Gasteiger partial charge on any atom is 0.200 e. The predicted molar refractivity (Wildman–Crippen MR) is 185 cm³/mol. The monoisotopic (exact) mass is 684 g/mol. The van der Waals surface area contributed by atoms with Crippen molar-refractivity contribution in [2.24, 2.45) is 0 Å². The molecule has 260 valence electrons. The molecular weight excluding hydrogens is 638 g/mol. The highest BCUT2D eigenvalue weighted by Gasteiger charge is 2.37. The molecule has 9 heteroatoms. The number of hydrogen-bond acceptors (Lipinski definition) is 6. The molecule has 1 heterocycles. The zero-order chi connectivity index (χ0) is 34.9. The fourth-order valence-corrected chi connectivity index (χ4v) is 5.42. The Morgan fingerprint density at radius 2 is 1.52 bits per heavy atom. The van der Waals surface area contributed by atoms with Gasteiger partial charge in [0.2, 0.25) is 5.82 Å². The number of rotatable bonds is 11. The number of aliphatic hydroxyl groups excluding tert-OH is 1. The fourth-order valence-electron chi connectivity index (χ4n) is 5.24. The lowest BCUT2D eigenvalue weighted by atomic mass is 9.94. The van der Waals surface area contributed by atoms with E-state index in [1.54, 1.807) is 26.2 Å². The number of ether oxygens (including phenoxy) is 4. The zero-order valence-electron chi connectivity index (χ0n) is 28.1. The topological polar surface area (TPSA) is 77.4 Å². The van der Waals surface area contributed by atoms with Crippen LogP contribution in [0.15, 0.2) is 91.0 Å². The molecule has 4 aromatic carbocycles. The van der Waals surface area contributed by atoms with Crippen LogP contribution in [0.25, 0.3) is 0 Å². The van der Waals surface area contributed by atoms with Crippen molar-refractivity contribution in [1.82, 2.24) is 0 Å². The van der Waals surface area contributed by atoms with Crippen molar-refractivity contribution in [2.45, 2.75) is 71.1 Å². The number of hydrogen-bond donors (Lipinski definition) is 2.